The van der Waals surface area contributed by atoms with E-state index in [-0.39, 0.29) is 47.7 Å². The summed E-state index contributed by atoms with van der Waals surface area (Å²) in [5.41, 5.74) is 6.51. The van der Waals surface area contributed by atoms with Crippen molar-refractivity contribution >= 4 is 45.8 Å². The molecular weight excluding hydrogens is 805 g/mol. The van der Waals surface area contributed by atoms with Crippen molar-refractivity contribution in [1.82, 2.24) is 40.4 Å². The Morgan fingerprint density at radius 3 is 2.37 bits per heavy atom. The molecule has 5 heterocycles. The summed E-state index contributed by atoms with van der Waals surface area (Å²) in [5, 5.41) is 7.46. The molecule has 0 radical (unpaired) electrons. The number of aromatic nitrogens is 4. The number of likely N-dealkylation sites (tertiary alicyclic amines) is 2. The van der Waals surface area contributed by atoms with Crippen LogP contribution in [-0.4, -0.2) is 106 Å². The van der Waals surface area contributed by atoms with Gasteiger partial charge in [-0.1, -0.05) is 52.3 Å². The van der Waals surface area contributed by atoms with Gasteiger partial charge in [0.1, 0.15) is 36.1 Å². The Morgan fingerprint density at radius 2 is 1.65 bits per heavy atom. The number of fused-ring (bicyclic) bond motifs is 6. The summed E-state index contributed by atoms with van der Waals surface area (Å²) in [4.78, 5) is 73.2. The first kappa shape index (κ1) is 43.5. The van der Waals surface area contributed by atoms with E-state index in [1.807, 2.05) is 45.6 Å². The van der Waals surface area contributed by atoms with E-state index in [1.54, 1.807) is 18.2 Å². The molecule has 5 aromatic rings. The summed E-state index contributed by atoms with van der Waals surface area (Å²) in [6.07, 6.45) is 3.47. The van der Waals surface area contributed by atoms with Gasteiger partial charge in [-0.2, -0.15) is 0 Å². The first-order valence-corrected chi connectivity index (χ1v) is 21.9. The Kier molecular flexibility index (Phi) is 12.4. The van der Waals surface area contributed by atoms with E-state index < -0.39 is 24.3 Å². The lowest BCUT2D eigenvalue weighted by molar-refractivity contribution is -0.137. The summed E-state index contributed by atoms with van der Waals surface area (Å²) in [7, 11) is 4.24. The summed E-state index contributed by atoms with van der Waals surface area (Å²) in [6, 6.07) is 12.5. The number of carbonyl (C=O) groups is 4. The maximum absolute atomic E-state index is 14.1. The van der Waals surface area contributed by atoms with Gasteiger partial charge in [0.2, 0.25) is 11.8 Å². The molecule has 7 atom stereocenters. The third kappa shape index (κ3) is 8.28. The number of alkyl carbamates (subject to hydrolysis) is 2. The minimum atomic E-state index is -0.755. The number of hydrogen-bond donors (Lipinski definition) is 4. The van der Waals surface area contributed by atoms with Gasteiger partial charge >= 0.3 is 12.2 Å². The molecule has 8 rings (SSSR count). The van der Waals surface area contributed by atoms with Crippen molar-refractivity contribution in [2.24, 2.45) is 17.8 Å². The smallest absolute Gasteiger partial charge is 0.407 e. The Labute approximate surface area is 366 Å². The van der Waals surface area contributed by atoms with Crippen LogP contribution in [0.3, 0.4) is 0 Å². The van der Waals surface area contributed by atoms with E-state index in [9.17, 15) is 19.2 Å². The lowest BCUT2D eigenvalue weighted by atomic mass is 9.92. The average molecular weight is 863 g/mol. The first-order chi connectivity index (χ1) is 30.3. The monoisotopic (exact) mass is 862 g/mol. The topological polar surface area (TPSA) is 193 Å². The van der Waals surface area contributed by atoms with Gasteiger partial charge in [-0.15, -0.1) is 0 Å². The van der Waals surface area contributed by atoms with E-state index in [0.29, 0.717) is 44.2 Å². The summed E-state index contributed by atoms with van der Waals surface area (Å²) >= 11 is 0. The summed E-state index contributed by atoms with van der Waals surface area (Å²) < 4.78 is 21.6. The molecule has 3 aromatic carbocycles. The van der Waals surface area contributed by atoms with Crippen molar-refractivity contribution in [2.45, 2.75) is 97.1 Å². The summed E-state index contributed by atoms with van der Waals surface area (Å²) in [6.45, 7) is 11.1. The van der Waals surface area contributed by atoms with Crippen LogP contribution in [0.1, 0.15) is 89.6 Å². The van der Waals surface area contributed by atoms with Gasteiger partial charge in [-0.25, -0.2) is 19.6 Å². The molecular formula is C47H58N8O8. The second-order valence-corrected chi connectivity index (χ2v) is 17.6. The van der Waals surface area contributed by atoms with Gasteiger partial charge in [-0.3, -0.25) is 9.59 Å². The van der Waals surface area contributed by atoms with Gasteiger partial charge in [0.25, 0.3) is 0 Å². The van der Waals surface area contributed by atoms with Crippen molar-refractivity contribution in [1.29, 1.82) is 0 Å². The second-order valence-electron chi connectivity index (χ2n) is 17.6. The van der Waals surface area contributed by atoms with Crippen LogP contribution in [-0.2, 0) is 30.4 Å². The minimum Gasteiger partial charge on any atom is -0.488 e. The van der Waals surface area contributed by atoms with Gasteiger partial charge < -0.3 is 49.3 Å². The fourth-order valence-electron chi connectivity index (χ4n) is 9.60. The van der Waals surface area contributed by atoms with E-state index in [4.69, 9.17) is 28.9 Å². The zero-order chi connectivity index (χ0) is 44.7. The number of imidazole rings is 2. The molecule has 2 aromatic heterocycles. The van der Waals surface area contributed by atoms with Crippen LogP contribution in [0.15, 0.2) is 48.7 Å². The lowest BCUT2D eigenvalue weighted by Gasteiger charge is -2.33. The maximum Gasteiger partial charge on any atom is 0.407 e. The quantitative estimate of drug-likeness (QED) is 0.0982. The molecule has 1 unspecified atom stereocenters. The largest absolute Gasteiger partial charge is 0.488 e. The van der Waals surface area contributed by atoms with E-state index in [0.717, 1.165) is 68.3 Å². The number of amides is 4. The molecule has 0 aliphatic carbocycles. The second kappa shape index (κ2) is 17.9. The van der Waals surface area contributed by atoms with Crippen molar-refractivity contribution in [2.75, 3.05) is 34.5 Å². The van der Waals surface area contributed by atoms with Crippen LogP contribution in [0.25, 0.3) is 44.2 Å². The number of rotatable bonds is 12. The van der Waals surface area contributed by atoms with Gasteiger partial charge in [0, 0.05) is 36.6 Å². The molecule has 3 aliphatic heterocycles. The molecule has 16 nitrogen and oxygen atoms in total. The zero-order valence-corrected chi connectivity index (χ0v) is 37.2. The number of ether oxygens (including phenoxy) is 4. The number of H-pyrrole nitrogens is 2. The Balaban J connectivity index is 1.05. The molecule has 4 N–H and O–H groups in total. The molecule has 2 fully saturated rings. The number of nitrogens with zero attached hydrogens (tertiary/aromatic N) is 4. The van der Waals surface area contributed by atoms with Crippen LogP contribution < -0.4 is 15.4 Å². The van der Waals surface area contributed by atoms with E-state index in [2.05, 4.69) is 57.0 Å². The molecule has 16 heteroatoms. The van der Waals surface area contributed by atoms with Crippen LogP contribution in [0.2, 0.25) is 0 Å². The minimum absolute atomic E-state index is 0.0298. The normalized spacial score (nSPS) is 20.8. The zero-order valence-electron chi connectivity index (χ0n) is 37.2. The fraction of sp³-hybridized carbons (Fsp3) is 0.489. The van der Waals surface area contributed by atoms with Crippen LogP contribution in [0.4, 0.5) is 9.59 Å². The van der Waals surface area contributed by atoms with Crippen LogP contribution in [0.5, 0.6) is 5.75 Å². The predicted octanol–water partition coefficient (Wildman–Crippen LogP) is 7.40. The van der Waals surface area contributed by atoms with Crippen LogP contribution in [0, 0.1) is 17.8 Å². The van der Waals surface area contributed by atoms with Gasteiger partial charge in [0.15, 0.2) is 0 Å². The number of carbonyl (C=O) groups excluding carboxylic acids is 4. The third-order valence-corrected chi connectivity index (χ3v) is 13.2. The lowest BCUT2D eigenvalue weighted by Crippen LogP contribution is -2.53. The van der Waals surface area contributed by atoms with Crippen LogP contribution >= 0.6 is 0 Å². The van der Waals surface area contributed by atoms with Crippen molar-refractivity contribution in [3.05, 3.63) is 65.9 Å². The number of benzene rings is 3. The number of nitrogens with one attached hydrogen (secondary N) is 4. The standard InChI is InChI=1S/C47H58N8O8/c1-9-25(4)40(53-47(59)62-8)45(57)55-26(5)10-15-36(55)43-49-34-14-12-28-18-33-31-13-11-29(17-30(31)23-63-38(33)19-32(28)41(34)51-43)35-20-48-42(50-35)37-16-27(22-60-6)21-54(37)44(56)39(24(2)3)52-46(58)61-7/h11-14,17-20,24-27,36-37,39-40H,9-10,15-16,21-23H2,1-8H3,(H,48,50)(H,49,51)(H,52,58)(H,53,59)/t25-,26-,27-,36-,37-,39?,40-/m0/s1. The van der Waals surface area contributed by atoms with Crippen molar-refractivity contribution in [3.8, 4) is 28.1 Å². The predicted molar refractivity (Wildman–Crippen MR) is 237 cm³/mol. The van der Waals surface area contributed by atoms with E-state index >= 15 is 0 Å². The molecule has 2 saturated heterocycles. The average Bonchev–Trinajstić information content (AvgIpc) is 4.11. The molecule has 3 aliphatic rings. The number of aromatic amines is 2. The highest BCUT2D eigenvalue weighted by atomic mass is 16.5. The highest BCUT2D eigenvalue weighted by Gasteiger charge is 2.43. The molecule has 0 saturated carbocycles. The number of hydrogen-bond acceptors (Lipinski definition) is 10. The van der Waals surface area contributed by atoms with E-state index in [1.165, 1.54) is 14.2 Å². The Hall–Kier alpha value is -6.16. The Bertz CT molecular complexity index is 2530. The number of methoxy groups -OCH3 is 3. The third-order valence-electron chi connectivity index (χ3n) is 13.2. The van der Waals surface area contributed by atoms with Crippen molar-refractivity contribution in [3.63, 3.8) is 0 Å². The van der Waals surface area contributed by atoms with Gasteiger partial charge in [0.05, 0.1) is 55.8 Å². The molecule has 63 heavy (non-hydrogen) atoms. The highest BCUT2D eigenvalue weighted by molar-refractivity contribution is 6.07. The molecule has 334 valence electrons. The van der Waals surface area contributed by atoms with Gasteiger partial charge in [-0.05, 0) is 84.4 Å². The fourth-order valence-corrected chi connectivity index (χ4v) is 9.60. The van der Waals surface area contributed by atoms with Crippen molar-refractivity contribution < 1.29 is 38.1 Å². The molecule has 0 bridgehead atoms. The Morgan fingerprint density at radius 1 is 0.889 bits per heavy atom. The first-order valence-electron chi connectivity index (χ1n) is 21.9. The molecule has 0 spiro atoms. The summed E-state index contributed by atoms with van der Waals surface area (Å²) in [5.74, 6) is 1.68. The molecule has 4 amide bonds. The SMILES string of the molecule is CC[C@H](C)[C@H](NC(=O)OC)C(=O)N1[C@@H](C)CC[C@H]1c1nc2c(ccc3cc4c(cc32)OCc2cc(-c3cnc([C@@H]5C[C@H](COC)CN5C(=O)C(NC(=O)OC)C(C)C)[nH]3)ccc2-4)[nH]1. The maximum atomic E-state index is 14.1. The highest BCUT2D eigenvalue weighted by Crippen LogP contribution is 2.44.